The quantitative estimate of drug-likeness (QED) is 0.848. The van der Waals surface area contributed by atoms with Crippen LogP contribution in [0.5, 0.6) is 5.75 Å². The number of hydrogen-bond donors (Lipinski definition) is 1. The number of carbonyl (C=O) groups is 2. The molecule has 1 heterocycles. The molecule has 0 saturated heterocycles. The fourth-order valence-corrected chi connectivity index (χ4v) is 3.01. The van der Waals surface area contributed by atoms with Crippen molar-refractivity contribution < 1.29 is 14.3 Å². The van der Waals surface area contributed by atoms with Gasteiger partial charge >= 0.3 is 0 Å². The topological polar surface area (TPSA) is 58.6 Å². The highest BCUT2D eigenvalue weighted by molar-refractivity contribution is 6.09. The Labute approximate surface area is 160 Å². The predicted octanol–water partition coefficient (Wildman–Crippen LogP) is 3.70. The van der Waals surface area contributed by atoms with Crippen molar-refractivity contribution in [3.8, 4) is 5.75 Å². The second-order valence-electron chi connectivity index (χ2n) is 7.36. The highest BCUT2D eigenvalue weighted by Crippen LogP contribution is 2.26. The van der Waals surface area contributed by atoms with Crippen LogP contribution in [0.2, 0.25) is 0 Å². The van der Waals surface area contributed by atoms with Gasteiger partial charge in [0.25, 0.3) is 5.91 Å². The standard InChI is InChI=1S/C22H26N2O3/c1-15(2)10-11-27-18-7-5-17(6-8-18)14-24-20-9-4-16(3)12-19(20)22(26)23-13-21(24)25/h4-9,12,15H,10-11,13-14H2,1-3H3,(H,23,26). The van der Waals surface area contributed by atoms with Crippen LogP contribution in [0.15, 0.2) is 42.5 Å². The molecule has 2 aromatic carbocycles. The molecule has 1 N–H and O–H groups in total. The summed E-state index contributed by atoms with van der Waals surface area (Å²) in [6, 6.07) is 13.4. The van der Waals surface area contributed by atoms with Gasteiger partial charge in [0.15, 0.2) is 0 Å². The van der Waals surface area contributed by atoms with Gasteiger partial charge in [0, 0.05) is 0 Å². The molecule has 2 amide bonds. The first kappa shape index (κ1) is 19.0. The van der Waals surface area contributed by atoms with Gasteiger partial charge in [0.2, 0.25) is 5.91 Å². The van der Waals surface area contributed by atoms with Crippen LogP contribution >= 0.6 is 0 Å². The summed E-state index contributed by atoms with van der Waals surface area (Å²) >= 11 is 0. The molecule has 0 atom stereocenters. The third-order valence-corrected chi connectivity index (χ3v) is 4.62. The van der Waals surface area contributed by atoms with Crippen LogP contribution in [0.1, 0.15) is 41.8 Å². The van der Waals surface area contributed by atoms with Crippen molar-refractivity contribution in [3.05, 3.63) is 59.2 Å². The molecule has 1 aliphatic rings. The number of rotatable bonds is 6. The Kier molecular flexibility index (Phi) is 5.79. The van der Waals surface area contributed by atoms with Crippen molar-refractivity contribution in [1.82, 2.24) is 5.32 Å². The van der Waals surface area contributed by atoms with Crippen molar-refractivity contribution in [1.29, 1.82) is 0 Å². The molecular formula is C22H26N2O3. The molecule has 0 unspecified atom stereocenters. The number of benzene rings is 2. The monoisotopic (exact) mass is 366 g/mol. The van der Waals surface area contributed by atoms with Crippen LogP contribution in [-0.4, -0.2) is 25.0 Å². The van der Waals surface area contributed by atoms with E-state index < -0.39 is 0 Å². The summed E-state index contributed by atoms with van der Waals surface area (Å²) in [6.07, 6.45) is 1.02. The smallest absolute Gasteiger partial charge is 0.253 e. The van der Waals surface area contributed by atoms with Crippen LogP contribution in [0.4, 0.5) is 5.69 Å². The Balaban J connectivity index is 1.77. The highest BCUT2D eigenvalue weighted by Gasteiger charge is 2.26. The maximum Gasteiger partial charge on any atom is 0.253 e. The average molecular weight is 366 g/mol. The number of aryl methyl sites for hydroxylation is 1. The first-order valence-corrected chi connectivity index (χ1v) is 9.35. The fraction of sp³-hybridized carbons (Fsp3) is 0.364. The van der Waals surface area contributed by atoms with Crippen LogP contribution in [0, 0.1) is 12.8 Å². The van der Waals surface area contributed by atoms with E-state index in [0.29, 0.717) is 30.3 Å². The minimum absolute atomic E-state index is 0.00293. The molecule has 3 rings (SSSR count). The minimum atomic E-state index is -0.210. The van der Waals surface area contributed by atoms with Gasteiger partial charge in [0.05, 0.1) is 30.9 Å². The molecule has 5 nitrogen and oxygen atoms in total. The zero-order valence-electron chi connectivity index (χ0n) is 16.1. The van der Waals surface area contributed by atoms with Gasteiger partial charge in [0.1, 0.15) is 5.75 Å². The fourth-order valence-electron chi connectivity index (χ4n) is 3.01. The molecule has 0 aromatic heterocycles. The molecule has 27 heavy (non-hydrogen) atoms. The van der Waals surface area contributed by atoms with Crippen molar-refractivity contribution in [2.75, 3.05) is 18.1 Å². The minimum Gasteiger partial charge on any atom is -0.494 e. The lowest BCUT2D eigenvalue weighted by Gasteiger charge is -2.22. The molecule has 0 aliphatic carbocycles. The van der Waals surface area contributed by atoms with Crippen molar-refractivity contribution in [3.63, 3.8) is 0 Å². The number of nitrogens with zero attached hydrogens (tertiary/aromatic N) is 1. The SMILES string of the molecule is Cc1ccc2c(c1)C(=O)NCC(=O)N2Cc1ccc(OCCC(C)C)cc1. The second kappa shape index (κ2) is 8.25. The Morgan fingerprint density at radius 1 is 1.11 bits per heavy atom. The molecule has 0 spiro atoms. The number of carbonyl (C=O) groups excluding carboxylic acids is 2. The normalized spacial score (nSPS) is 14.0. The maximum absolute atomic E-state index is 12.6. The Bertz CT molecular complexity index is 828. The zero-order chi connectivity index (χ0) is 19.4. The van der Waals surface area contributed by atoms with E-state index in [4.69, 9.17) is 4.74 Å². The molecule has 0 fully saturated rings. The summed E-state index contributed by atoms with van der Waals surface area (Å²) in [5.74, 6) is 1.11. The molecule has 2 aromatic rings. The Morgan fingerprint density at radius 2 is 1.85 bits per heavy atom. The van der Waals surface area contributed by atoms with Gasteiger partial charge < -0.3 is 15.0 Å². The number of fused-ring (bicyclic) bond motifs is 1. The van der Waals surface area contributed by atoms with E-state index in [1.54, 1.807) is 4.90 Å². The van der Waals surface area contributed by atoms with Crippen LogP contribution in [-0.2, 0) is 11.3 Å². The lowest BCUT2D eigenvalue weighted by atomic mass is 10.1. The second-order valence-corrected chi connectivity index (χ2v) is 7.36. The zero-order valence-corrected chi connectivity index (χ0v) is 16.1. The van der Waals surface area contributed by atoms with Crippen molar-refractivity contribution in [2.45, 2.75) is 33.7 Å². The van der Waals surface area contributed by atoms with Crippen LogP contribution in [0.3, 0.4) is 0 Å². The van der Waals surface area contributed by atoms with E-state index in [0.717, 1.165) is 23.3 Å². The largest absolute Gasteiger partial charge is 0.494 e. The lowest BCUT2D eigenvalue weighted by molar-refractivity contribution is -0.117. The summed E-state index contributed by atoms with van der Waals surface area (Å²) in [6.45, 7) is 7.39. The average Bonchev–Trinajstić information content (AvgIpc) is 2.75. The lowest BCUT2D eigenvalue weighted by Crippen LogP contribution is -2.36. The molecule has 0 saturated carbocycles. The number of ether oxygens (including phenoxy) is 1. The van der Waals surface area contributed by atoms with E-state index in [-0.39, 0.29) is 18.4 Å². The van der Waals surface area contributed by atoms with Gasteiger partial charge in [-0.05, 0) is 49.1 Å². The first-order valence-electron chi connectivity index (χ1n) is 9.35. The molecular weight excluding hydrogens is 340 g/mol. The van der Waals surface area contributed by atoms with Crippen molar-refractivity contribution >= 4 is 17.5 Å². The van der Waals surface area contributed by atoms with Gasteiger partial charge in [-0.15, -0.1) is 0 Å². The number of anilines is 1. The van der Waals surface area contributed by atoms with E-state index in [9.17, 15) is 9.59 Å². The predicted molar refractivity (Wildman–Crippen MR) is 106 cm³/mol. The summed E-state index contributed by atoms with van der Waals surface area (Å²) in [7, 11) is 0. The summed E-state index contributed by atoms with van der Waals surface area (Å²) in [5.41, 5.74) is 3.16. The van der Waals surface area contributed by atoms with Gasteiger partial charge in [-0.1, -0.05) is 37.6 Å². The van der Waals surface area contributed by atoms with Crippen LogP contribution < -0.4 is 15.0 Å². The Morgan fingerprint density at radius 3 is 2.56 bits per heavy atom. The Hall–Kier alpha value is -2.82. The first-order chi connectivity index (χ1) is 12.9. The maximum atomic E-state index is 12.6. The van der Waals surface area contributed by atoms with E-state index >= 15 is 0 Å². The third-order valence-electron chi connectivity index (χ3n) is 4.62. The third kappa shape index (κ3) is 4.67. The van der Waals surface area contributed by atoms with Gasteiger partial charge in [-0.25, -0.2) is 0 Å². The molecule has 142 valence electrons. The molecule has 0 bridgehead atoms. The van der Waals surface area contributed by atoms with E-state index in [1.165, 1.54) is 0 Å². The molecule has 0 radical (unpaired) electrons. The van der Waals surface area contributed by atoms with E-state index in [2.05, 4.69) is 19.2 Å². The summed E-state index contributed by atoms with van der Waals surface area (Å²) < 4.78 is 5.75. The highest BCUT2D eigenvalue weighted by atomic mass is 16.5. The number of hydrogen-bond acceptors (Lipinski definition) is 3. The van der Waals surface area contributed by atoms with Gasteiger partial charge in [-0.2, -0.15) is 0 Å². The van der Waals surface area contributed by atoms with Crippen LogP contribution in [0.25, 0.3) is 0 Å². The summed E-state index contributed by atoms with van der Waals surface area (Å²) in [4.78, 5) is 26.5. The molecule has 5 heteroatoms. The number of amides is 2. The van der Waals surface area contributed by atoms with Crippen molar-refractivity contribution in [2.24, 2.45) is 5.92 Å². The summed E-state index contributed by atoms with van der Waals surface area (Å²) in [5, 5.41) is 2.68. The van der Waals surface area contributed by atoms with Gasteiger partial charge in [-0.3, -0.25) is 9.59 Å². The van der Waals surface area contributed by atoms with E-state index in [1.807, 2.05) is 49.4 Å². The molecule has 1 aliphatic heterocycles. The number of nitrogens with one attached hydrogen (secondary N) is 1.